The molecule has 3 heteroatoms. The van der Waals surface area contributed by atoms with E-state index in [2.05, 4.69) is 62.4 Å². The Kier molecular flexibility index (Phi) is 3.90. The molecular formula is C8H15I2N. The molecule has 0 N–H and O–H groups in total. The zero-order valence-electron chi connectivity index (χ0n) is 7.11. The number of alkyl halides is 1. The molecule has 0 spiro atoms. The van der Waals surface area contributed by atoms with Crippen molar-refractivity contribution in [1.82, 2.24) is 3.11 Å². The Labute approximate surface area is 96.9 Å². The third-order valence-corrected chi connectivity index (χ3v) is 3.91. The SMILES string of the molecule is CC1(C)CCN(I)CC(I)C1. The third-order valence-electron chi connectivity index (χ3n) is 2.20. The fraction of sp³-hybridized carbons (Fsp3) is 1.00. The van der Waals surface area contributed by atoms with Crippen molar-refractivity contribution in [2.24, 2.45) is 5.41 Å². The van der Waals surface area contributed by atoms with Crippen molar-refractivity contribution in [2.75, 3.05) is 13.1 Å². The van der Waals surface area contributed by atoms with Crippen LogP contribution in [0.5, 0.6) is 0 Å². The van der Waals surface area contributed by atoms with E-state index in [4.69, 9.17) is 0 Å². The van der Waals surface area contributed by atoms with Crippen molar-refractivity contribution in [1.29, 1.82) is 0 Å². The molecule has 0 aliphatic carbocycles. The Balaban J connectivity index is 2.53. The summed E-state index contributed by atoms with van der Waals surface area (Å²) in [6, 6.07) is 0. The van der Waals surface area contributed by atoms with E-state index < -0.39 is 0 Å². The Morgan fingerprint density at radius 3 is 2.73 bits per heavy atom. The first-order valence-corrected chi connectivity index (χ1v) is 6.25. The van der Waals surface area contributed by atoms with Gasteiger partial charge in [0, 0.05) is 39.9 Å². The maximum Gasteiger partial charge on any atom is 0.0250 e. The van der Waals surface area contributed by atoms with Crippen LogP contribution in [0.25, 0.3) is 0 Å². The molecule has 1 aliphatic heterocycles. The summed E-state index contributed by atoms with van der Waals surface area (Å²) in [5.41, 5.74) is 0.561. The second kappa shape index (κ2) is 4.09. The van der Waals surface area contributed by atoms with E-state index >= 15 is 0 Å². The Morgan fingerprint density at radius 2 is 2.09 bits per heavy atom. The first-order valence-electron chi connectivity index (χ1n) is 4.04. The van der Waals surface area contributed by atoms with E-state index in [9.17, 15) is 0 Å². The Morgan fingerprint density at radius 1 is 1.45 bits per heavy atom. The van der Waals surface area contributed by atoms with Gasteiger partial charge >= 0.3 is 0 Å². The van der Waals surface area contributed by atoms with Gasteiger partial charge < -0.3 is 0 Å². The van der Waals surface area contributed by atoms with Crippen LogP contribution in [-0.2, 0) is 0 Å². The van der Waals surface area contributed by atoms with Crippen LogP contribution in [0.3, 0.4) is 0 Å². The van der Waals surface area contributed by atoms with E-state index in [1.54, 1.807) is 0 Å². The summed E-state index contributed by atoms with van der Waals surface area (Å²) in [5.74, 6) is 0. The highest BCUT2D eigenvalue weighted by atomic mass is 127. The molecule has 1 aliphatic rings. The second-order valence-corrected chi connectivity index (χ2v) is 7.21. The quantitative estimate of drug-likeness (QED) is 0.355. The van der Waals surface area contributed by atoms with Crippen molar-refractivity contribution >= 4 is 45.5 Å². The van der Waals surface area contributed by atoms with E-state index in [-0.39, 0.29) is 0 Å². The van der Waals surface area contributed by atoms with E-state index in [0.29, 0.717) is 5.41 Å². The van der Waals surface area contributed by atoms with Gasteiger partial charge in [0.2, 0.25) is 0 Å². The van der Waals surface area contributed by atoms with Gasteiger partial charge in [0.15, 0.2) is 0 Å². The maximum atomic E-state index is 2.58. The van der Waals surface area contributed by atoms with Gasteiger partial charge in [0.05, 0.1) is 0 Å². The minimum absolute atomic E-state index is 0.561. The van der Waals surface area contributed by atoms with Crippen LogP contribution in [-0.4, -0.2) is 20.1 Å². The predicted octanol–water partition coefficient (Wildman–Crippen LogP) is 3.26. The summed E-state index contributed by atoms with van der Waals surface area (Å²) in [6.45, 7) is 7.28. The first kappa shape index (κ1) is 10.5. The maximum absolute atomic E-state index is 2.58. The molecule has 1 unspecified atom stereocenters. The largest absolute Gasteiger partial charge is 0.246 e. The minimum atomic E-state index is 0.561. The molecule has 1 rings (SSSR count). The second-order valence-electron chi connectivity index (χ2n) is 4.08. The standard InChI is InChI=1S/C8H15I2N/c1-8(2)3-4-11(10)6-7(9)5-8/h7H,3-6H2,1-2H3. The van der Waals surface area contributed by atoms with Crippen molar-refractivity contribution < 1.29 is 0 Å². The molecule has 0 radical (unpaired) electrons. The summed E-state index contributed by atoms with van der Waals surface area (Å²) >= 11 is 5.02. The van der Waals surface area contributed by atoms with Crippen LogP contribution in [0, 0.1) is 5.41 Å². The van der Waals surface area contributed by atoms with Crippen LogP contribution in [0.1, 0.15) is 26.7 Å². The topological polar surface area (TPSA) is 3.24 Å². The van der Waals surface area contributed by atoms with Crippen LogP contribution in [0.15, 0.2) is 0 Å². The lowest BCUT2D eigenvalue weighted by molar-refractivity contribution is 0.324. The first-order chi connectivity index (χ1) is 4.99. The summed E-state index contributed by atoms with van der Waals surface area (Å²) in [6.07, 6.45) is 2.71. The zero-order chi connectivity index (χ0) is 8.48. The number of nitrogens with zero attached hydrogens (tertiary/aromatic N) is 1. The summed E-state index contributed by atoms with van der Waals surface area (Å²) in [7, 11) is 0. The predicted molar refractivity (Wildman–Crippen MR) is 66.4 cm³/mol. The fourth-order valence-electron chi connectivity index (χ4n) is 1.50. The highest BCUT2D eigenvalue weighted by molar-refractivity contribution is 14.1. The smallest absolute Gasteiger partial charge is 0.0250 e. The Bertz CT molecular complexity index is 136. The molecule has 0 bridgehead atoms. The summed E-state index contributed by atoms with van der Waals surface area (Å²) in [5, 5.41) is 0. The van der Waals surface area contributed by atoms with E-state index in [1.807, 2.05) is 0 Å². The van der Waals surface area contributed by atoms with E-state index in [1.165, 1.54) is 25.9 Å². The lowest BCUT2D eigenvalue weighted by Crippen LogP contribution is -2.18. The normalized spacial score (nSPS) is 33.3. The molecule has 0 aromatic heterocycles. The average molecular weight is 379 g/mol. The van der Waals surface area contributed by atoms with Crippen molar-refractivity contribution in [3.05, 3.63) is 0 Å². The molecule has 0 amide bonds. The molecular weight excluding hydrogens is 364 g/mol. The molecule has 1 saturated heterocycles. The highest BCUT2D eigenvalue weighted by Crippen LogP contribution is 2.33. The minimum Gasteiger partial charge on any atom is -0.246 e. The van der Waals surface area contributed by atoms with Gasteiger partial charge in [-0.3, -0.25) is 0 Å². The molecule has 0 aromatic rings. The van der Waals surface area contributed by atoms with Gasteiger partial charge in [0.25, 0.3) is 0 Å². The van der Waals surface area contributed by atoms with Gasteiger partial charge in [-0.1, -0.05) is 36.4 Å². The lowest BCUT2D eigenvalue weighted by Gasteiger charge is -2.22. The summed E-state index contributed by atoms with van der Waals surface area (Å²) in [4.78, 5) is 0. The van der Waals surface area contributed by atoms with Crippen LogP contribution in [0.2, 0.25) is 0 Å². The van der Waals surface area contributed by atoms with Gasteiger partial charge in [-0.05, 0) is 18.3 Å². The van der Waals surface area contributed by atoms with E-state index in [0.717, 1.165) is 3.92 Å². The molecule has 11 heavy (non-hydrogen) atoms. The monoisotopic (exact) mass is 379 g/mol. The fourth-order valence-corrected chi connectivity index (χ4v) is 4.63. The lowest BCUT2D eigenvalue weighted by atomic mass is 9.85. The molecule has 1 atom stereocenters. The van der Waals surface area contributed by atoms with Gasteiger partial charge in [0.1, 0.15) is 0 Å². The number of hydrogen-bond donors (Lipinski definition) is 0. The Hall–Kier alpha value is 1.42. The van der Waals surface area contributed by atoms with Crippen LogP contribution >= 0.6 is 45.5 Å². The molecule has 66 valence electrons. The van der Waals surface area contributed by atoms with Gasteiger partial charge in [-0.15, -0.1) is 0 Å². The molecule has 1 fully saturated rings. The van der Waals surface area contributed by atoms with Crippen LogP contribution in [0.4, 0.5) is 0 Å². The van der Waals surface area contributed by atoms with Crippen molar-refractivity contribution in [2.45, 2.75) is 30.6 Å². The summed E-state index contributed by atoms with van der Waals surface area (Å²) < 4.78 is 3.26. The van der Waals surface area contributed by atoms with Gasteiger partial charge in [-0.25, -0.2) is 3.11 Å². The molecule has 0 aromatic carbocycles. The van der Waals surface area contributed by atoms with Crippen LogP contribution < -0.4 is 0 Å². The highest BCUT2D eigenvalue weighted by Gasteiger charge is 2.26. The number of rotatable bonds is 0. The van der Waals surface area contributed by atoms with Crippen molar-refractivity contribution in [3.63, 3.8) is 0 Å². The van der Waals surface area contributed by atoms with Gasteiger partial charge in [-0.2, -0.15) is 0 Å². The molecule has 1 nitrogen and oxygen atoms in total. The zero-order valence-corrected chi connectivity index (χ0v) is 11.4. The average Bonchev–Trinajstić information content (AvgIpc) is 1.90. The third kappa shape index (κ3) is 3.76. The molecule has 1 heterocycles. The molecule has 0 saturated carbocycles. The van der Waals surface area contributed by atoms with Crippen molar-refractivity contribution in [3.8, 4) is 0 Å². The number of halogens is 2. The number of hydrogen-bond acceptors (Lipinski definition) is 1.